The highest BCUT2D eigenvalue weighted by molar-refractivity contribution is 9.10. The van der Waals surface area contributed by atoms with Crippen molar-refractivity contribution < 1.29 is 14.3 Å². The summed E-state index contributed by atoms with van der Waals surface area (Å²) < 4.78 is 11.6. The van der Waals surface area contributed by atoms with Crippen molar-refractivity contribution in [3.63, 3.8) is 0 Å². The van der Waals surface area contributed by atoms with Crippen LogP contribution in [0.15, 0.2) is 16.6 Å². The first-order valence-corrected chi connectivity index (χ1v) is 6.49. The molecule has 0 aromatic heterocycles. The van der Waals surface area contributed by atoms with Gasteiger partial charge in [0.15, 0.2) is 11.5 Å². The van der Waals surface area contributed by atoms with Gasteiger partial charge in [0.25, 0.3) is 0 Å². The van der Waals surface area contributed by atoms with Crippen LogP contribution < -0.4 is 20.1 Å². The topological polar surface area (TPSA) is 59.6 Å². The summed E-state index contributed by atoms with van der Waals surface area (Å²) in [5.74, 6) is 1.56. The molecule has 0 aliphatic carbocycles. The summed E-state index contributed by atoms with van der Waals surface area (Å²) in [5.41, 5.74) is 1.08. The molecule has 0 bridgehead atoms. The zero-order valence-electron chi connectivity index (χ0n) is 10.1. The molecule has 0 radical (unpaired) electrons. The third-order valence-corrected chi connectivity index (χ3v) is 3.40. The zero-order chi connectivity index (χ0) is 13.0. The summed E-state index contributed by atoms with van der Waals surface area (Å²) in [7, 11) is 1.64. The first kappa shape index (κ1) is 13.2. The van der Waals surface area contributed by atoms with Crippen LogP contribution in [0.25, 0.3) is 0 Å². The monoisotopic (exact) mass is 314 g/mol. The minimum Gasteiger partial charge on any atom is -0.454 e. The molecule has 1 aliphatic rings. The van der Waals surface area contributed by atoms with Gasteiger partial charge in [0.05, 0.1) is 0 Å². The van der Waals surface area contributed by atoms with Gasteiger partial charge in [0.2, 0.25) is 12.7 Å². The second-order valence-electron chi connectivity index (χ2n) is 3.90. The summed E-state index contributed by atoms with van der Waals surface area (Å²) in [5, 5.41) is 5.80. The molecule has 1 amide bonds. The van der Waals surface area contributed by atoms with E-state index in [1.54, 1.807) is 7.05 Å². The van der Waals surface area contributed by atoms with Crippen LogP contribution in [-0.2, 0) is 11.3 Å². The van der Waals surface area contributed by atoms with E-state index in [0.29, 0.717) is 19.5 Å². The molecular formula is C12H15BrN2O3. The van der Waals surface area contributed by atoms with E-state index in [9.17, 15) is 4.79 Å². The number of fused-ring (bicyclic) bond motifs is 1. The molecule has 0 spiro atoms. The van der Waals surface area contributed by atoms with Crippen molar-refractivity contribution in [2.24, 2.45) is 0 Å². The van der Waals surface area contributed by atoms with Gasteiger partial charge in [-0.2, -0.15) is 0 Å². The average molecular weight is 315 g/mol. The van der Waals surface area contributed by atoms with Crippen LogP contribution in [0.5, 0.6) is 11.5 Å². The van der Waals surface area contributed by atoms with Crippen molar-refractivity contribution >= 4 is 21.8 Å². The van der Waals surface area contributed by atoms with E-state index in [-0.39, 0.29) is 12.7 Å². The number of benzene rings is 1. The lowest BCUT2D eigenvalue weighted by Gasteiger charge is -2.08. The highest BCUT2D eigenvalue weighted by atomic mass is 79.9. The SMILES string of the molecule is CNC(=O)CCNCc1cc2c(cc1Br)OCO2. The lowest BCUT2D eigenvalue weighted by Crippen LogP contribution is -2.24. The fraction of sp³-hybridized carbons (Fsp3) is 0.417. The molecule has 0 saturated heterocycles. The van der Waals surface area contributed by atoms with Crippen LogP contribution in [0.2, 0.25) is 0 Å². The Morgan fingerprint density at radius 2 is 2.11 bits per heavy atom. The quantitative estimate of drug-likeness (QED) is 0.807. The van der Waals surface area contributed by atoms with E-state index < -0.39 is 0 Å². The van der Waals surface area contributed by atoms with Gasteiger partial charge >= 0.3 is 0 Å². The van der Waals surface area contributed by atoms with Crippen LogP contribution in [-0.4, -0.2) is 26.3 Å². The van der Waals surface area contributed by atoms with E-state index in [2.05, 4.69) is 26.6 Å². The predicted molar refractivity (Wildman–Crippen MR) is 70.7 cm³/mol. The lowest BCUT2D eigenvalue weighted by molar-refractivity contribution is -0.120. The third-order valence-electron chi connectivity index (χ3n) is 2.66. The molecule has 1 aliphatic heterocycles. The molecular weight excluding hydrogens is 300 g/mol. The number of ether oxygens (including phenoxy) is 2. The number of hydrogen-bond acceptors (Lipinski definition) is 4. The van der Waals surface area contributed by atoms with Crippen molar-refractivity contribution in [2.75, 3.05) is 20.4 Å². The van der Waals surface area contributed by atoms with Crippen molar-refractivity contribution in [3.05, 3.63) is 22.2 Å². The second kappa shape index (κ2) is 6.06. The van der Waals surface area contributed by atoms with Gasteiger partial charge in [-0.15, -0.1) is 0 Å². The molecule has 1 aromatic rings. The van der Waals surface area contributed by atoms with E-state index in [1.807, 2.05) is 12.1 Å². The number of nitrogens with one attached hydrogen (secondary N) is 2. The summed E-state index contributed by atoms with van der Waals surface area (Å²) in [6.07, 6.45) is 0.471. The fourth-order valence-electron chi connectivity index (χ4n) is 1.64. The van der Waals surface area contributed by atoms with E-state index in [1.165, 1.54) is 0 Å². The highest BCUT2D eigenvalue weighted by Gasteiger charge is 2.15. The van der Waals surface area contributed by atoms with Crippen LogP contribution in [0.1, 0.15) is 12.0 Å². The Morgan fingerprint density at radius 1 is 1.39 bits per heavy atom. The smallest absolute Gasteiger partial charge is 0.231 e. The third kappa shape index (κ3) is 3.14. The number of rotatable bonds is 5. The molecule has 0 saturated carbocycles. The van der Waals surface area contributed by atoms with Gasteiger partial charge in [-0.05, 0) is 17.7 Å². The van der Waals surface area contributed by atoms with Gasteiger partial charge in [-0.25, -0.2) is 0 Å². The van der Waals surface area contributed by atoms with Gasteiger partial charge in [-0.3, -0.25) is 4.79 Å². The van der Waals surface area contributed by atoms with Gasteiger partial charge < -0.3 is 20.1 Å². The summed E-state index contributed by atoms with van der Waals surface area (Å²) >= 11 is 3.49. The maximum Gasteiger partial charge on any atom is 0.231 e. The Balaban J connectivity index is 1.88. The van der Waals surface area contributed by atoms with E-state index >= 15 is 0 Å². The van der Waals surface area contributed by atoms with Crippen molar-refractivity contribution in [3.8, 4) is 11.5 Å². The number of carbonyl (C=O) groups excluding carboxylic acids is 1. The maximum atomic E-state index is 11.0. The Hall–Kier alpha value is -1.27. The number of hydrogen-bond donors (Lipinski definition) is 2. The Labute approximate surface area is 114 Å². The number of halogens is 1. The van der Waals surface area contributed by atoms with Crippen LogP contribution >= 0.6 is 15.9 Å². The molecule has 0 fully saturated rings. The largest absolute Gasteiger partial charge is 0.454 e. The molecule has 6 heteroatoms. The molecule has 2 N–H and O–H groups in total. The number of amides is 1. The van der Waals surface area contributed by atoms with Gasteiger partial charge in [-0.1, -0.05) is 15.9 Å². The Bertz CT molecular complexity index is 451. The van der Waals surface area contributed by atoms with Gasteiger partial charge in [0.1, 0.15) is 0 Å². The van der Waals surface area contributed by atoms with E-state index in [4.69, 9.17) is 9.47 Å². The second-order valence-corrected chi connectivity index (χ2v) is 4.75. The highest BCUT2D eigenvalue weighted by Crippen LogP contribution is 2.36. The molecule has 2 rings (SSSR count). The molecule has 1 aromatic carbocycles. The summed E-state index contributed by atoms with van der Waals surface area (Å²) in [6, 6.07) is 3.84. The van der Waals surface area contributed by atoms with Crippen molar-refractivity contribution in [2.45, 2.75) is 13.0 Å². The first-order chi connectivity index (χ1) is 8.70. The van der Waals surface area contributed by atoms with Crippen LogP contribution in [0.4, 0.5) is 0 Å². The normalized spacial score (nSPS) is 12.6. The fourth-order valence-corrected chi connectivity index (χ4v) is 2.11. The minimum atomic E-state index is 0.0345. The molecule has 0 atom stereocenters. The van der Waals surface area contributed by atoms with Crippen LogP contribution in [0, 0.1) is 0 Å². The summed E-state index contributed by atoms with van der Waals surface area (Å²) in [6.45, 7) is 1.59. The van der Waals surface area contributed by atoms with Crippen molar-refractivity contribution in [1.82, 2.24) is 10.6 Å². The average Bonchev–Trinajstić information content (AvgIpc) is 2.81. The molecule has 18 heavy (non-hydrogen) atoms. The predicted octanol–water partition coefficient (Wildman–Crippen LogP) is 1.40. The molecule has 0 unspecified atom stereocenters. The lowest BCUT2D eigenvalue weighted by atomic mass is 10.2. The minimum absolute atomic E-state index is 0.0345. The number of carbonyl (C=O) groups is 1. The Kier molecular flexibility index (Phi) is 4.43. The van der Waals surface area contributed by atoms with E-state index in [0.717, 1.165) is 21.5 Å². The first-order valence-electron chi connectivity index (χ1n) is 5.70. The standard InChI is InChI=1S/C12H15BrN2O3/c1-14-12(16)2-3-15-6-8-4-10-11(5-9(8)13)18-7-17-10/h4-5,15H,2-3,6-7H2,1H3,(H,14,16). The van der Waals surface area contributed by atoms with Gasteiger partial charge in [0, 0.05) is 31.0 Å². The van der Waals surface area contributed by atoms with Crippen molar-refractivity contribution in [1.29, 1.82) is 0 Å². The molecule has 1 heterocycles. The molecule has 5 nitrogen and oxygen atoms in total. The Morgan fingerprint density at radius 3 is 2.83 bits per heavy atom. The maximum absolute atomic E-state index is 11.0. The van der Waals surface area contributed by atoms with Crippen LogP contribution in [0.3, 0.4) is 0 Å². The molecule has 98 valence electrons. The summed E-state index contributed by atoms with van der Waals surface area (Å²) in [4.78, 5) is 11.0. The zero-order valence-corrected chi connectivity index (χ0v) is 11.7.